The molecule has 0 saturated heterocycles. The number of hydrogen-bond acceptors (Lipinski definition) is 5. The molecule has 0 aliphatic carbocycles. The maximum absolute atomic E-state index is 5.82. The molecule has 19 heavy (non-hydrogen) atoms. The number of hydrogen-bond donors (Lipinski definition) is 0. The summed E-state index contributed by atoms with van der Waals surface area (Å²) in [6.07, 6.45) is 0. The van der Waals surface area contributed by atoms with E-state index in [1.54, 1.807) is 0 Å². The van der Waals surface area contributed by atoms with E-state index >= 15 is 0 Å². The maximum atomic E-state index is 5.82. The van der Waals surface area contributed by atoms with Crippen LogP contribution in [0.4, 0.5) is 0 Å². The smallest absolute Gasteiger partial charge is 0.264 e. The quantitative estimate of drug-likeness (QED) is 0.519. The number of nitrogens with zero attached hydrogens (tertiary/aromatic N) is 3. The van der Waals surface area contributed by atoms with Crippen molar-refractivity contribution in [1.29, 1.82) is 0 Å². The SMILES string of the molecule is Cc1ccc2oc(Sc3nc(Cl)cc(Cl)n3)nc2c1. The zero-order chi connectivity index (χ0) is 13.4. The summed E-state index contributed by atoms with van der Waals surface area (Å²) < 4.78 is 5.59. The van der Waals surface area contributed by atoms with Gasteiger partial charge in [0.15, 0.2) is 10.7 Å². The Morgan fingerprint density at radius 3 is 2.53 bits per heavy atom. The molecular formula is C12H7Cl2N3OS. The van der Waals surface area contributed by atoms with Gasteiger partial charge in [-0.05, 0) is 24.6 Å². The van der Waals surface area contributed by atoms with Crippen LogP contribution in [0.2, 0.25) is 10.3 Å². The normalized spacial score (nSPS) is 11.1. The Bertz CT molecular complexity index is 740. The van der Waals surface area contributed by atoms with Gasteiger partial charge in [-0.15, -0.1) is 0 Å². The molecule has 96 valence electrons. The lowest BCUT2D eigenvalue weighted by atomic mass is 10.2. The molecule has 4 nitrogen and oxygen atoms in total. The largest absolute Gasteiger partial charge is 0.431 e. The molecule has 0 saturated carbocycles. The number of oxazole rings is 1. The Morgan fingerprint density at radius 1 is 1.05 bits per heavy atom. The summed E-state index contributed by atoms with van der Waals surface area (Å²) in [4.78, 5) is 12.5. The van der Waals surface area contributed by atoms with Crippen molar-refractivity contribution in [3.05, 3.63) is 40.1 Å². The molecule has 0 bridgehead atoms. The van der Waals surface area contributed by atoms with Gasteiger partial charge in [0.05, 0.1) is 0 Å². The minimum Gasteiger partial charge on any atom is -0.431 e. The Hall–Kier alpha value is -1.30. The lowest BCUT2D eigenvalue weighted by Crippen LogP contribution is -1.87. The third-order valence-electron chi connectivity index (χ3n) is 2.35. The van der Waals surface area contributed by atoms with Crippen molar-refractivity contribution in [3.63, 3.8) is 0 Å². The first-order chi connectivity index (χ1) is 9.10. The second kappa shape index (κ2) is 5.00. The highest BCUT2D eigenvalue weighted by Gasteiger charge is 2.11. The van der Waals surface area contributed by atoms with Crippen molar-refractivity contribution in [2.24, 2.45) is 0 Å². The average Bonchev–Trinajstić information content (AvgIpc) is 2.68. The van der Waals surface area contributed by atoms with Crippen molar-refractivity contribution in [3.8, 4) is 0 Å². The number of halogens is 2. The van der Waals surface area contributed by atoms with E-state index in [1.807, 2.05) is 25.1 Å². The molecule has 0 spiro atoms. The molecule has 0 atom stereocenters. The second-order valence-corrected chi connectivity index (χ2v) is 5.54. The van der Waals surface area contributed by atoms with Crippen LogP contribution in [0, 0.1) is 6.92 Å². The molecule has 0 radical (unpaired) electrons. The molecule has 2 heterocycles. The first kappa shape index (κ1) is 12.7. The number of benzene rings is 1. The minimum absolute atomic E-state index is 0.287. The molecule has 7 heteroatoms. The maximum Gasteiger partial charge on any atom is 0.264 e. The van der Waals surface area contributed by atoms with Crippen molar-refractivity contribution in [2.45, 2.75) is 17.3 Å². The van der Waals surface area contributed by atoms with Gasteiger partial charge in [-0.1, -0.05) is 29.3 Å². The Balaban J connectivity index is 1.96. The molecule has 0 N–H and O–H groups in total. The topological polar surface area (TPSA) is 51.8 Å². The zero-order valence-corrected chi connectivity index (χ0v) is 12.1. The molecular weight excluding hydrogens is 305 g/mol. The van der Waals surface area contributed by atoms with Crippen LogP contribution in [0.5, 0.6) is 0 Å². The van der Waals surface area contributed by atoms with Crippen molar-refractivity contribution < 1.29 is 4.42 Å². The first-order valence-corrected chi connectivity index (χ1v) is 6.92. The van der Waals surface area contributed by atoms with Gasteiger partial charge in [0.2, 0.25) is 0 Å². The van der Waals surface area contributed by atoms with Crippen LogP contribution in [0.1, 0.15) is 5.56 Å². The molecule has 0 aliphatic heterocycles. The van der Waals surface area contributed by atoms with E-state index in [-0.39, 0.29) is 10.3 Å². The standard InChI is InChI=1S/C12H7Cl2N3OS/c1-6-2-3-8-7(4-6)15-12(18-8)19-11-16-9(13)5-10(14)17-11/h2-5H,1H3. The monoisotopic (exact) mass is 311 g/mol. The highest BCUT2D eigenvalue weighted by atomic mass is 35.5. The van der Waals surface area contributed by atoms with Crippen molar-refractivity contribution >= 4 is 46.1 Å². The number of aromatic nitrogens is 3. The molecule has 2 aromatic heterocycles. The minimum atomic E-state index is 0.287. The summed E-state index contributed by atoms with van der Waals surface area (Å²) in [5.41, 5.74) is 2.65. The lowest BCUT2D eigenvalue weighted by molar-refractivity contribution is 0.488. The van der Waals surface area contributed by atoms with Gasteiger partial charge < -0.3 is 4.42 Å². The summed E-state index contributed by atoms with van der Waals surface area (Å²) >= 11 is 12.8. The molecule has 0 amide bonds. The van der Waals surface area contributed by atoms with Crippen LogP contribution in [0.15, 0.2) is 39.1 Å². The molecule has 0 fully saturated rings. The van der Waals surface area contributed by atoms with Crippen LogP contribution >= 0.6 is 35.0 Å². The lowest BCUT2D eigenvalue weighted by Gasteiger charge is -1.96. The van der Waals surface area contributed by atoms with E-state index in [0.29, 0.717) is 10.4 Å². The third kappa shape index (κ3) is 2.83. The number of rotatable bonds is 2. The van der Waals surface area contributed by atoms with Gasteiger partial charge in [0.25, 0.3) is 5.22 Å². The van der Waals surface area contributed by atoms with Crippen LogP contribution in [-0.2, 0) is 0 Å². The fourth-order valence-corrected chi connectivity index (χ4v) is 2.80. The van der Waals surface area contributed by atoms with Crippen molar-refractivity contribution in [2.75, 3.05) is 0 Å². The van der Waals surface area contributed by atoms with E-state index in [1.165, 1.54) is 17.8 Å². The third-order valence-corrected chi connectivity index (χ3v) is 3.45. The fraction of sp³-hybridized carbons (Fsp3) is 0.0833. The van der Waals surface area contributed by atoms with Crippen molar-refractivity contribution in [1.82, 2.24) is 15.0 Å². The van der Waals surface area contributed by atoms with Crippen LogP contribution in [0.25, 0.3) is 11.1 Å². The predicted molar refractivity (Wildman–Crippen MR) is 74.9 cm³/mol. The second-order valence-electron chi connectivity index (χ2n) is 3.85. The molecule has 1 aromatic carbocycles. The van der Waals surface area contributed by atoms with E-state index in [2.05, 4.69) is 15.0 Å². The van der Waals surface area contributed by atoms with Crippen LogP contribution < -0.4 is 0 Å². The Morgan fingerprint density at radius 2 is 1.79 bits per heavy atom. The average molecular weight is 312 g/mol. The highest BCUT2D eigenvalue weighted by molar-refractivity contribution is 7.98. The predicted octanol–water partition coefficient (Wildman–Crippen LogP) is 4.38. The van der Waals surface area contributed by atoms with Gasteiger partial charge in [0.1, 0.15) is 15.8 Å². The highest BCUT2D eigenvalue weighted by Crippen LogP contribution is 2.29. The van der Waals surface area contributed by atoms with Gasteiger partial charge in [-0.3, -0.25) is 0 Å². The first-order valence-electron chi connectivity index (χ1n) is 5.35. The van der Waals surface area contributed by atoms with E-state index in [4.69, 9.17) is 27.6 Å². The summed E-state index contributed by atoms with van der Waals surface area (Å²) in [6, 6.07) is 7.28. The fourth-order valence-electron chi connectivity index (χ4n) is 1.55. The van der Waals surface area contributed by atoms with Gasteiger partial charge in [-0.25, -0.2) is 15.0 Å². The van der Waals surface area contributed by atoms with Gasteiger partial charge in [-0.2, -0.15) is 0 Å². The van der Waals surface area contributed by atoms with Crippen LogP contribution in [-0.4, -0.2) is 15.0 Å². The number of fused-ring (bicyclic) bond motifs is 1. The molecule has 3 aromatic rings. The summed E-state index contributed by atoms with van der Waals surface area (Å²) in [5, 5.41) is 1.43. The number of aryl methyl sites for hydroxylation is 1. The van der Waals surface area contributed by atoms with Gasteiger partial charge >= 0.3 is 0 Å². The summed E-state index contributed by atoms with van der Waals surface area (Å²) in [6.45, 7) is 2.00. The molecule has 0 unspecified atom stereocenters. The molecule has 3 rings (SSSR count). The van der Waals surface area contributed by atoms with E-state index < -0.39 is 0 Å². The van der Waals surface area contributed by atoms with E-state index in [0.717, 1.165) is 16.7 Å². The summed E-state index contributed by atoms with van der Waals surface area (Å²) in [7, 11) is 0. The van der Waals surface area contributed by atoms with Crippen LogP contribution in [0.3, 0.4) is 0 Å². The molecule has 0 aliphatic rings. The Kier molecular flexibility index (Phi) is 3.35. The Labute approximate surface area is 123 Å². The van der Waals surface area contributed by atoms with Gasteiger partial charge in [0, 0.05) is 17.8 Å². The van der Waals surface area contributed by atoms with E-state index in [9.17, 15) is 0 Å². The summed E-state index contributed by atoms with van der Waals surface area (Å²) in [5.74, 6) is 0. The zero-order valence-electron chi connectivity index (χ0n) is 9.72.